The van der Waals surface area contributed by atoms with Crippen molar-refractivity contribution in [3.8, 4) is 11.8 Å². The molecule has 0 aliphatic carbocycles. The molecule has 7 heteroatoms. The molecule has 140 valence electrons. The van der Waals surface area contributed by atoms with Crippen LogP contribution in [0, 0.1) is 17.1 Å². The van der Waals surface area contributed by atoms with Crippen molar-refractivity contribution in [3.63, 3.8) is 0 Å². The molecule has 0 N–H and O–H groups in total. The molecule has 3 aromatic rings. The number of hydrogen-bond donors (Lipinski definition) is 0. The second-order valence-electron chi connectivity index (χ2n) is 6.63. The lowest BCUT2D eigenvalue weighted by Gasteiger charge is -2.34. The molecule has 2 heterocycles. The molecule has 28 heavy (non-hydrogen) atoms. The first-order valence-corrected chi connectivity index (χ1v) is 8.96. The van der Waals surface area contributed by atoms with Gasteiger partial charge < -0.3 is 4.90 Å². The van der Waals surface area contributed by atoms with Crippen LogP contribution >= 0.6 is 0 Å². The molecule has 1 fully saturated rings. The van der Waals surface area contributed by atoms with Gasteiger partial charge in [-0.1, -0.05) is 24.3 Å². The average Bonchev–Trinajstić information content (AvgIpc) is 3.16. The van der Waals surface area contributed by atoms with Crippen LogP contribution in [-0.2, 0) is 11.3 Å². The zero-order valence-electron chi connectivity index (χ0n) is 15.1. The normalized spacial score (nSPS) is 14.9. The number of carbonyl (C=O) groups excluding carboxylic acids is 1. The number of para-hydroxylation sites is 2. The van der Waals surface area contributed by atoms with E-state index in [0.717, 1.165) is 5.56 Å². The van der Waals surface area contributed by atoms with Crippen molar-refractivity contribution in [2.75, 3.05) is 24.5 Å². The minimum absolute atomic E-state index is 0.0459. The van der Waals surface area contributed by atoms with Gasteiger partial charge >= 0.3 is 0 Å². The molecule has 0 spiro atoms. The van der Waals surface area contributed by atoms with Crippen molar-refractivity contribution in [3.05, 3.63) is 77.9 Å². The fraction of sp³-hybridized carbons (Fsp3) is 0.190. The van der Waals surface area contributed by atoms with Crippen molar-refractivity contribution in [1.29, 1.82) is 5.26 Å². The van der Waals surface area contributed by atoms with Crippen molar-refractivity contribution in [2.45, 2.75) is 6.54 Å². The number of nitrogens with zero attached hydrogens (tertiary/aromatic N) is 5. The number of rotatable bonds is 4. The molecule has 0 unspecified atom stereocenters. The lowest BCUT2D eigenvalue weighted by molar-refractivity contribution is -0.121. The summed E-state index contributed by atoms with van der Waals surface area (Å²) in [7, 11) is 0. The first-order chi connectivity index (χ1) is 13.7. The number of nitriles is 1. The summed E-state index contributed by atoms with van der Waals surface area (Å²) >= 11 is 0. The van der Waals surface area contributed by atoms with Crippen LogP contribution in [0.3, 0.4) is 0 Å². The molecule has 0 saturated carbocycles. The first-order valence-electron chi connectivity index (χ1n) is 8.96. The Kier molecular flexibility index (Phi) is 4.87. The molecule has 2 aromatic carbocycles. The maximum absolute atomic E-state index is 13.9. The van der Waals surface area contributed by atoms with E-state index < -0.39 is 0 Å². The Labute approximate surface area is 162 Å². The number of carbonyl (C=O) groups is 1. The number of aromatic nitrogens is 2. The van der Waals surface area contributed by atoms with Crippen molar-refractivity contribution >= 4 is 11.6 Å². The van der Waals surface area contributed by atoms with Gasteiger partial charge in [0.05, 0.1) is 24.0 Å². The fourth-order valence-corrected chi connectivity index (χ4v) is 3.38. The van der Waals surface area contributed by atoms with Crippen LogP contribution < -0.4 is 4.90 Å². The van der Waals surface area contributed by atoms with Gasteiger partial charge in [-0.15, -0.1) is 0 Å². The highest BCUT2D eigenvalue weighted by Crippen LogP contribution is 2.22. The third-order valence-electron chi connectivity index (χ3n) is 4.76. The van der Waals surface area contributed by atoms with Gasteiger partial charge in [-0.2, -0.15) is 10.4 Å². The molecule has 0 bridgehead atoms. The van der Waals surface area contributed by atoms with E-state index in [1.165, 1.54) is 10.7 Å². The Morgan fingerprint density at radius 1 is 1.07 bits per heavy atom. The predicted octanol–water partition coefficient (Wildman–Crippen LogP) is 2.73. The number of halogens is 1. The van der Waals surface area contributed by atoms with Crippen LogP contribution in [0.5, 0.6) is 0 Å². The van der Waals surface area contributed by atoms with Crippen LogP contribution in [0.4, 0.5) is 10.1 Å². The topological polar surface area (TPSA) is 65.2 Å². The van der Waals surface area contributed by atoms with E-state index in [4.69, 9.17) is 0 Å². The smallest absolute Gasteiger partial charge is 0.241 e. The van der Waals surface area contributed by atoms with E-state index in [9.17, 15) is 14.4 Å². The summed E-state index contributed by atoms with van der Waals surface area (Å²) in [5, 5.41) is 13.5. The second-order valence-corrected chi connectivity index (χ2v) is 6.63. The van der Waals surface area contributed by atoms with Gasteiger partial charge in [0.1, 0.15) is 17.6 Å². The first kappa shape index (κ1) is 17.9. The maximum atomic E-state index is 13.9. The Hall–Kier alpha value is -3.50. The minimum atomic E-state index is -0.336. The lowest BCUT2D eigenvalue weighted by atomic mass is 10.1. The van der Waals surface area contributed by atoms with Gasteiger partial charge in [0.25, 0.3) is 0 Å². The fourth-order valence-electron chi connectivity index (χ4n) is 3.38. The number of benzene rings is 2. The van der Waals surface area contributed by atoms with Crippen LogP contribution in [0.25, 0.3) is 5.69 Å². The van der Waals surface area contributed by atoms with Crippen molar-refractivity contribution in [2.24, 2.45) is 0 Å². The molecule has 6 nitrogen and oxygen atoms in total. The Morgan fingerprint density at radius 2 is 1.82 bits per heavy atom. The molecule has 1 aliphatic heterocycles. The minimum Gasteiger partial charge on any atom is -0.309 e. The van der Waals surface area contributed by atoms with E-state index in [2.05, 4.69) is 11.2 Å². The standard InChI is InChI=1S/C21H18FN5O/c22-18-6-2-4-8-20(18)27-14-16(12-24-27)13-25-9-10-26(21(28)15-25)19-7-3-1-5-17(19)11-23/h1-8,12,14H,9-10,13,15H2. The molecule has 0 atom stereocenters. The van der Waals surface area contributed by atoms with Crippen LogP contribution in [0.15, 0.2) is 60.9 Å². The maximum Gasteiger partial charge on any atom is 0.241 e. The number of piperazine rings is 1. The quantitative estimate of drug-likeness (QED) is 0.703. The molecule has 4 rings (SSSR count). The van der Waals surface area contributed by atoms with Crippen LogP contribution in [0.1, 0.15) is 11.1 Å². The Morgan fingerprint density at radius 3 is 2.57 bits per heavy atom. The summed E-state index contributed by atoms with van der Waals surface area (Å²) in [6.07, 6.45) is 3.47. The zero-order valence-corrected chi connectivity index (χ0v) is 15.1. The predicted molar refractivity (Wildman–Crippen MR) is 102 cm³/mol. The summed E-state index contributed by atoms with van der Waals surface area (Å²) in [4.78, 5) is 16.3. The van der Waals surface area contributed by atoms with Crippen molar-refractivity contribution in [1.82, 2.24) is 14.7 Å². The summed E-state index contributed by atoms with van der Waals surface area (Å²) in [6.45, 7) is 1.99. The largest absolute Gasteiger partial charge is 0.309 e. The van der Waals surface area contributed by atoms with Gasteiger partial charge in [-0.3, -0.25) is 9.69 Å². The highest BCUT2D eigenvalue weighted by atomic mass is 19.1. The summed E-state index contributed by atoms with van der Waals surface area (Å²) in [5.74, 6) is -0.382. The van der Waals surface area contributed by atoms with Gasteiger partial charge in [0.15, 0.2) is 0 Å². The third-order valence-corrected chi connectivity index (χ3v) is 4.76. The van der Waals surface area contributed by atoms with Gasteiger partial charge in [-0.05, 0) is 24.3 Å². The SMILES string of the molecule is N#Cc1ccccc1N1CCN(Cc2cnn(-c3ccccc3F)c2)CC1=O. The summed E-state index contributed by atoms with van der Waals surface area (Å²) < 4.78 is 15.4. The van der Waals surface area contributed by atoms with Gasteiger partial charge in [-0.25, -0.2) is 9.07 Å². The second kappa shape index (κ2) is 7.62. The van der Waals surface area contributed by atoms with E-state index >= 15 is 0 Å². The van der Waals surface area contributed by atoms with Crippen LogP contribution in [-0.4, -0.2) is 40.2 Å². The zero-order chi connectivity index (χ0) is 19.5. The van der Waals surface area contributed by atoms with Gasteiger partial charge in [0.2, 0.25) is 5.91 Å². The van der Waals surface area contributed by atoms with Crippen molar-refractivity contribution < 1.29 is 9.18 Å². The molecular formula is C21H18FN5O. The van der Waals surface area contributed by atoms with E-state index in [0.29, 0.717) is 36.6 Å². The Balaban J connectivity index is 1.44. The lowest BCUT2D eigenvalue weighted by Crippen LogP contribution is -2.50. The van der Waals surface area contributed by atoms with Crippen LogP contribution in [0.2, 0.25) is 0 Å². The van der Waals surface area contributed by atoms with E-state index in [-0.39, 0.29) is 18.3 Å². The molecule has 1 amide bonds. The molecule has 1 saturated heterocycles. The summed E-state index contributed by atoms with van der Waals surface area (Å²) in [5.41, 5.74) is 2.45. The molecule has 1 aromatic heterocycles. The number of anilines is 1. The molecular weight excluding hydrogens is 357 g/mol. The monoisotopic (exact) mass is 375 g/mol. The van der Waals surface area contributed by atoms with E-state index in [1.54, 1.807) is 53.7 Å². The highest BCUT2D eigenvalue weighted by molar-refractivity contribution is 5.96. The molecule has 1 aliphatic rings. The van der Waals surface area contributed by atoms with Gasteiger partial charge in [0, 0.05) is 31.4 Å². The Bertz CT molecular complexity index is 1050. The number of hydrogen-bond acceptors (Lipinski definition) is 4. The third kappa shape index (κ3) is 3.50. The average molecular weight is 375 g/mol. The highest BCUT2D eigenvalue weighted by Gasteiger charge is 2.26. The summed E-state index contributed by atoms with van der Waals surface area (Å²) in [6, 6.07) is 15.7. The van der Waals surface area contributed by atoms with E-state index in [1.807, 2.05) is 11.0 Å². The number of amides is 1. The molecule has 0 radical (unpaired) electrons.